The second-order valence-corrected chi connectivity index (χ2v) is 13.6. The number of cyclic esters (lactones) is 2. The van der Waals surface area contributed by atoms with Crippen LogP contribution in [-0.4, -0.2) is 48.1 Å². The van der Waals surface area contributed by atoms with Gasteiger partial charge in [-0.1, -0.05) is 27.7 Å². The lowest BCUT2D eigenvalue weighted by Crippen LogP contribution is -2.77. The van der Waals surface area contributed by atoms with Crippen molar-refractivity contribution in [2.24, 2.45) is 39.4 Å². The molecule has 0 radical (unpaired) electrons. The van der Waals surface area contributed by atoms with Gasteiger partial charge in [-0.3, -0.25) is 19.2 Å². The summed E-state index contributed by atoms with van der Waals surface area (Å²) in [4.78, 5) is 53.6. The van der Waals surface area contributed by atoms with E-state index in [9.17, 15) is 14.4 Å². The molecule has 10 atom stereocenters. The lowest BCUT2D eigenvalue weighted by molar-refractivity contribution is -0.284. The summed E-state index contributed by atoms with van der Waals surface area (Å²) in [6.45, 7) is 13.1. The van der Waals surface area contributed by atoms with Crippen LogP contribution in [0, 0.1) is 39.4 Å². The van der Waals surface area contributed by atoms with Crippen molar-refractivity contribution in [3.05, 3.63) is 24.2 Å². The molecule has 6 rings (SSSR count). The molecule has 9 heteroatoms. The summed E-state index contributed by atoms with van der Waals surface area (Å²) in [5, 5.41) is 0. The predicted molar refractivity (Wildman–Crippen MR) is 135 cm³/mol. The Morgan fingerprint density at radius 3 is 2.46 bits per heavy atom. The van der Waals surface area contributed by atoms with Crippen molar-refractivity contribution in [2.45, 2.75) is 91.6 Å². The fourth-order valence-corrected chi connectivity index (χ4v) is 10.1. The normalized spacial score (nSPS) is 48.1. The summed E-state index contributed by atoms with van der Waals surface area (Å²) >= 11 is 0. The summed E-state index contributed by atoms with van der Waals surface area (Å²) in [5.41, 5.74) is -3.57. The predicted octanol–water partition coefficient (Wildman–Crippen LogP) is 4.18. The maximum atomic E-state index is 15.0. The molecule has 39 heavy (non-hydrogen) atoms. The molecule has 9 nitrogen and oxygen atoms in total. The SMILES string of the molecule is CC(=O)OC1C(=O)C2(C)C(CCC3(C)C(c4ccoc4)OC(=O)C(C)C32C)C23COC(=O)CC2OC(C)(C)C13. The number of esters is 3. The molecule has 0 N–H and O–H groups in total. The molecule has 2 aliphatic carbocycles. The minimum atomic E-state index is -1.14. The van der Waals surface area contributed by atoms with Crippen LogP contribution in [0.1, 0.15) is 79.4 Å². The highest BCUT2D eigenvalue weighted by molar-refractivity contribution is 5.94. The first-order valence-electron chi connectivity index (χ1n) is 13.9. The van der Waals surface area contributed by atoms with E-state index in [0.717, 1.165) is 5.56 Å². The lowest BCUT2D eigenvalue weighted by atomic mass is 9.31. The first-order valence-corrected chi connectivity index (χ1v) is 13.9. The Kier molecular flexibility index (Phi) is 5.41. The van der Waals surface area contributed by atoms with E-state index in [0.29, 0.717) is 12.8 Å². The van der Waals surface area contributed by atoms with E-state index in [1.807, 2.05) is 34.6 Å². The number of carbonyl (C=O) groups is 4. The Hall–Kier alpha value is -2.68. The number of carbonyl (C=O) groups excluding carboxylic acids is 4. The van der Waals surface area contributed by atoms with E-state index in [4.69, 9.17) is 23.4 Å². The topological polar surface area (TPSA) is 118 Å². The van der Waals surface area contributed by atoms with Crippen molar-refractivity contribution < 1.29 is 42.5 Å². The molecule has 5 aliphatic rings. The largest absolute Gasteiger partial charge is 0.472 e. The van der Waals surface area contributed by atoms with Gasteiger partial charge in [0.05, 0.1) is 36.6 Å². The Morgan fingerprint density at radius 2 is 1.82 bits per heavy atom. The molecule has 10 unspecified atom stereocenters. The van der Waals surface area contributed by atoms with Crippen molar-refractivity contribution in [3.8, 4) is 0 Å². The molecule has 5 fully saturated rings. The van der Waals surface area contributed by atoms with Crippen molar-refractivity contribution in [1.82, 2.24) is 0 Å². The van der Waals surface area contributed by atoms with Crippen LogP contribution in [0.2, 0.25) is 0 Å². The number of hydrogen-bond acceptors (Lipinski definition) is 9. The molecule has 4 heterocycles. The molecule has 1 spiro atoms. The number of furan rings is 1. The van der Waals surface area contributed by atoms with E-state index < -0.39 is 63.4 Å². The fourth-order valence-electron chi connectivity index (χ4n) is 10.1. The molecule has 1 aromatic rings. The average Bonchev–Trinajstić information content (AvgIpc) is 3.46. The molecule has 3 saturated heterocycles. The van der Waals surface area contributed by atoms with Crippen LogP contribution in [0.4, 0.5) is 0 Å². The number of ketones is 1. The summed E-state index contributed by atoms with van der Waals surface area (Å²) in [6.07, 6.45) is 2.28. The van der Waals surface area contributed by atoms with E-state index in [1.54, 1.807) is 18.6 Å². The van der Waals surface area contributed by atoms with Gasteiger partial charge in [0.25, 0.3) is 0 Å². The van der Waals surface area contributed by atoms with Gasteiger partial charge in [0.15, 0.2) is 11.9 Å². The number of ether oxygens (including phenoxy) is 4. The zero-order valence-corrected chi connectivity index (χ0v) is 23.7. The first kappa shape index (κ1) is 26.5. The fraction of sp³-hybridized carbons (Fsp3) is 0.733. The highest BCUT2D eigenvalue weighted by Crippen LogP contribution is 2.78. The van der Waals surface area contributed by atoms with Gasteiger partial charge in [-0.2, -0.15) is 0 Å². The van der Waals surface area contributed by atoms with Crippen LogP contribution in [0.3, 0.4) is 0 Å². The minimum Gasteiger partial charge on any atom is -0.472 e. The minimum absolute atomic E-state index is 0.0662. The van der Waals surface area contributed by atoms with Gasteiger partial charge in [-0.25, -0.2) is 0 Å². The Balaban J connectivity index is 1.61. The third-order valence-electron chi connectivity index (χ3n) is 12.0. The standard InChI is InChI=1S/C30H38O9/c1-15-25(34)38-24(17-9-11-35-13-17)27(5)10-8-18-28(6,29(15,27)7)23(33)21(37-16(2)31)22-26(3,4)39-19-12-20(32)36-14-30(18,19)22/h9,11,13,15,18-19,21-22,24H,8,10,12,14H2,1-7H3. The third-order valence-corrected chi connectivity index (χ3v) is 12.0. The third kappa shape index (κ3) is 2.95. The van der Waals surface area contributed by atoms with Crippen molar-refractivity contribution in [2.75, 3.05) is 6.61 Å². The van der Waals surface area contributed by atoms with Gasteiger partial charge in [-0.15, -0.1) is 0 Å². The number of fused-ring (bicyclic) bond motifs is 3. The smallest absolute Gasteiger partial charge is 0.309 e. The highest BCUT2D eigenvalue weighted by Gasteiger charge is 2.83. The zero-order valence-electron chi connectivity index (χ0n) is 23.7. The Morgan fingerprint density at radius 1 is 1.10 bits per heavy atom. The second-order valence-electron chi connectivity index (χ2n) is 13.6. The highest BCUT2D eigenvalue weighted by atomic mass is 16.6. The van der Waals surface area contributed by atoms with E-state index in [1.165, 1.54) is 6.92 Å². The van der Waals surface area contributed by atoms with Crippen LogP contribution in [0.25, 0.3) is 0 Å². The zero-order chi connectivity index (χ0) is 28.3. The van der Waals surface area contributed by atoms with Gasteiger partial charge >= 0.3 is 17.9 Å². The van der Waals surface area contributed by atoms with Gasteiger partial charge < -0.3 is 23.4 Å². The lowest BCUT2D eigenvalue weighted by Gasteiger charge is -2.72. The van der Waals surface area contributed by atoms with Crippen molar-refractivity contribution in [3.63, 3.8) is 0 Å². The molecule has 0 aromatic carbocycles. The van der Waals surface area contributed by atoms with E-state index in [2.05, 4.69) is 6.92 Å². The summed E-state index contributed by atoms with van der Waals surface area (Å²) in [5.74, 6) is -2.91. The van der Waals surface area contributed by atoms with Gasteiger partial charge in [-0.05, 0) is 38.7 Å². The average molecular weight is 543 g/mol. The first-order chi connectivity index (χ1) is 18.2. The van der Waals surface area contributed by atoms with E-state index >= 15 is 4.79 Å². The van der Waals surface area contributed by atoms with Gasteiger partial charge in [0.1, 0.15) is 12.7 Å². The van der Waals surface area contributed by atoms with Crippen LogP contribution in [0.15, 0.2) is 23.0 Å². The maximum Gasteiger partial charge on any atom is 0.309 e. The van der Waals surface area contributed by atoms with Crippen molar-refractivity contribution in [1.29, 1.82) is 0 Å². The van der Waals surface area contributed by atoms with Crippen LogP contribution >= 0.6 is 0 Å². The summed E-state index contributed by atoms with van der Waals surface area (Å²) in [6, 6.07) is 1.80. The summed E-state index contributed by atoms with van der Waals surface area (Å²) in [7, 11) is 0. The van der Waals surface area contributed by atoms with Crippen LogP contribution < -0.4 is 0 Å². The van der Waals surface area contributed by atoms with Crippen molar-refractivity contribution >= 4 is 23.7 Å². The van der Waals surface area contributed by atoms with Gasteiger partial charge in [0, 0.05) is 40.1 Å². The quantitative estimate of drug-likeness (QED) is 0.400. The number of hydrogen-bond donors (Lipinski definition) is 0. The van der Waals surface area contributed by atoms with E-state index in [-0.39, 0.29) is 36.7 Å². The molecule has 3 aliphatic heterocycles. The molecule has 0 bridgehead atoms. The molecule has 2 saturated carbocycles. The number of rotatable bonds is 2. The van der Waals surface area contributed by atoms with Crippen LogP contribution in [0.5, 0.6) is 0 Å². The molecule has 0 amide bonds. The molecular weight excluding hydrogens is 504 g/mol. The van der Waals surface area contributed by atoms with Crippen LogP contribution in [-0.2, 0) is 38.1 Å². The summed E-state index contributed by atoms with van der Waals surface area (Å²) < 4.78 is 29.7. The Labute approximate surface area is 228 Å². The maximum absolute atomic E-state index is 15.0. The van der Waals surface area contributed by atoms with Gasteiger partial charge in [0.2, 0.25) is 0 Å². The monoisotopic (exact) mass is 542 g/mol. The second kappa shape index (κ2) is 7.95. The number of Topliss-reactive ketones (excluding diaryl/α,β-unsaturated/α-hetero) is 1. The molecular formula is C30H38O9. The molecule has 1 aromatic heterocycles. The Bertz CT molecular complexity index is 1250. The molecule has 212 valence electrons.